The Morgan fingerprint density at radius 1 is 1.26 bits per heavy atom. The van der Waals surface area contributed by atoms with Gasteiger partial charge in [0.1, 0.15) is 5.75 Å². The minimum absolute atomic E-state index is 0. The molecule has 1 heterocycles. The summed E-state index contributed by atoms with van der Waals surface area (Å²) >= 11 is 0. The molecule has 150 valence electrons. The van der Waals surface area contributed by atoms with Crippen LogP contribution in [0.3, 0.4) is 0 Å². The standard InChI is InChI=1S/C19H27N3O4.ClH/c1-13(21-18(24)19(20)8-10-25-11-9-19)14-2-6-16(7-3-14)26-12-17(23)22-15-4-5-15;/h2-3,6-7,13,15H,4-5,8-12,20H2,1H3,(H,21,24)(H,22,23);1H. The highest BCUT2D eigenvalue weighted by atomic mass is 35.5. The molecule has 0 bridgehead atoms. The van der Waals surface area contributed by atoms with Gasteiger partial charge < -0.3 is 25.8 Å². The fraction of sp³-hybridized carbons (Fsp3) is 0.579. The van der Waals surface area contributed by atoms with Gasteiger partial charge in [-0.05, 0) is 50.3 Å². The molecule has 0 radical (unpaired) electrons. The fourth-order valence-corrected chi connectivity index (χ4v) is 2.89. The number of nitrogens with one attached hydrogen (secondary N) is 2. The number of carbonyl (C=O) groups is 2. The third-order valence-corrected chi connectivity index (χ3v) is 4.88. The molecule has 0 aromatic heterocycles. The number of hydrogen-bond donors (Lipinski definition) is 3. The highest BCUT2D eigenvalue weighted by molar-refractivity contribution is 5.86. The van der Waals surface area contributed by atoms with E-state index in [4.69, 9.17) is 15.2 Å². The first kappa shape index (κ1) is 21.5. The van der Waals surface area contributed by atoms with Gasteiger partial charge in [-0.2, -0.15) is 0 Å². The summed E-state index contributed by atoms with van der Waals surface area (Å²) in [6.07, 6.45) is 3.17. The van der Waals surface area contributed by atoms with Crippen molar-refractivity contribution >= 4 is 24.2 Å². The van der Waals surface area contributed by atoms with E-state index in [2.05, 4.69) is 10.6 Å². The van der Waals surface area contributed by atoms with Crippen LogP contribution in [-0.4, -0.2) is 43.2 Å². The monoisotopic (exact) mass is 397 g/mol. The second-order valence-electron chi connectivity index (χ2n) is 7.16. The maximum atomic E-state index is 12.5. The van der Waals surface area contributed by atoms with E-state index in [1.54, 1.807) is 12.1 Å². The minimum atomic E-state index is -0.857. The van der Waals surface area contributed by atoms with Gasteiger partial charge in [-0.3, -0.25) is 9.59 Å². The van der Waals surface area contributed by atoms with Crippen LogP contribution in [0.4, 0.5) is 0 Å². The first-order chi connectivity index (χ1) is 12.5. The van der Waals surface area contributed by atoms with Gasteiger partial charge in [0.25, 0.3) is 5.91 Å². The normalized spacial score (nSPS) is 19.3. The molecule has 1 unspecified atom stereocenters. The number of ether oxygens (including phenoxy) is 2. The second-order valence-corrected chi connectivity index (χ2v) is 7.16. The van der Waals surface area contributed by atoms with Crippen molar-refractivity contribution in [2.75, 3.05) is 19.8 Å². The van der Waals surface area contributed by atoms with E-state index in [1.165, 1.54) is 0 Å². The molecule has 27 heavy (non-hydrogen) atoms. The van der Waals surface area contributed by atoms with Gasteiger partial charge in [-0.15, -0.1) is 12.4 Å². The number of hydrogen-bond acceptors (Lipinski definition) is 5. The van der Waals surface area contributed by atoms with E-state index in [-0.39, 0.29) is 36.9 Å². The predicted molar refractivity (Wildman–Crippen MR) is 104 cm³/mol. The molecule has 3 rings (SSSR count). The smallest absolute Gasteiger partial charge is 0.258 e. The molecule has 8 heteroatoms. The van der Waals surface area contributed by atoms with Gasteiger partial charge in [0.05, 0.1) is 11.6 Å². The van der Waals surface area contributed by atoms with Crippen LogP contribution in [0.1, 0.15) is 44.2 Å². The Hall–Kier alpha value is -1.83. The molecule has 1 aromatic rings. The Balaban J connectivity index is 0.00000261. The molecule has 1 aliphatic carbocycles. The predicted octanol–water partition coefficient (Wildman–Crippen LogP) is 1.45. The number of benzene rings is 1. The van der Waals surface area contributed by atoms with Crippen molar-refractivity contribution in [1.82, 2.24) is 10.6 Å². The van der Waals surface area contributed by atoms with Gasteiger partial charge in [-0.1, -0.05) is 12.1 Å². The van der Waals surface area contributed by atoms with Crippen LogP contribution in [0.2, 0.25) is 0 Å². The molecular formula is C19H28ClN3O4. The highest BCUT2D eigenvalue weighted by Crippen LogP contribution is 2.22. The Morgan fingerprint density at radius 2 is 1.89 bits per heavy atom. The molecule has 7 nitrogen and oxygen atoms in total. The van der Waals surface area contributed by atoms with E-state index < -0.39 is 5.54 Å². The maximum absolute atomic E-state index is 12.5. The van der Waals surface area contributed by atoms with Gasteiger partial charge in [0.2, 0.25) is 5.91 Å². The largest absolute Gasteiger partial charge is 0.484 e. The number of carbonyl (C=O) groups excluding carboxylic acids is 2. The highest BCUT2D eigenvalue weighted by Gasteiger charge is 2.36. The van der Waals surface area contributed by atoms with Gasteiger partial charge in [0.15, 0.2) is 6.61 Å². The van der Waals surface area contributed by atoms with Gasteiger partial charge in [0, 0.05) is 19.3 Å². The quantitative estimate of drug-likeness (QED) is 0.646. The van der Waals surface area contributed by atoms with E-state index in [9.17, 15) is 9.59 Å². The Labute approximate surface area is 165 Å². The summed E-state index contributed by atoms with van der Waals surface area (Å²) in [7, 11) is 0. The van der Waals surface area contributed by atoms with Crippen molar-refractivity contribution in [3.05, 3.63) is 29.8 Å². The van der Waals surface area contributed by atoms with Gasteiger partial charge >= 0.3 is 0 Å². The summed E-state index contributed by atoms with van der Waals surface area (Å²) < 4.78 is 10.8. The number of nitrogens with two attached hydrogens (primary N) is 1. The number of halogens is 1. The molecule has 4 N–H and O–H groups in total. The molecule has 0 spiro atoms. The van der Waals surface area contributed by atoms with Crippen LogP contribution < -0.4 is 21.1 Å². The van der Waals surface area contributed by atoms with E-state index in [0.29, 0.717) is 37.8 Å². The van der Waals surface area contributed by atoms with Crippen LogP contribution in [0.25, 0.3) is 0 Å². The van der Waals surface area contributed by atoms with Crippen molar-refractivity contribution in [1.29, 1.82) is 0 Å². The van der Waals surface area contributed by atoms with Crippen molar-refractivity contribution in [2.24, 2.45) is 5.73 Å². The third-order valence-electron chi connectivity index (χ3n) is 4.88. The van der Waals surface area contributed by atoms with Crippen LogP contribution in [0.15, 0.2) is 24.3 Å². The molecular weight excluding hydrogens is 370 g/mol. The summed E-state index contributed by atoms with van der Waals surface area (Å²) in [4.78, 5) is 24.1. The molecule has 1 atom stereocenters. The second kappa shape index (κ2) is 9.39. The molecule has 2 amide bonds. The summed E-state index contributed by atoms with van der Waals surface area (Å²) in [6, 6.07) is 7.53. The average Bonchev–Trinajstić information content (AvgIpc) is 3.45. The summed E-state index contributed by atoms with van der Waals surface area (Å²) in [5.41, 5.74) is 6.30. The average molecular weight is 398 g/mol. The maximum Gasteiger partial charge on any atom is 0.258 e. The molecule has 2 aliphatic rings. The Morgan fingerprint density at radius 3 is 2.48 bits per heavy atom. The molecule has 1 saturated heterocycles. The zero-order valence-corrected chi connectivity index (χ0v) is 16.3. The van der Waals surface area contributed by atoms with Crippen LogP contribution in [-0.2, 0) is 14.3 Å². The van der Waals surface area contributed by atoms with Crippen molar-refractivity contribution in [3.8, 4) is 5.75 Å². The zero-order chi connectivity index (χ0) is 18.6. The Bertz CT molecular complexity index is 643. The lowest BCUT2D eigenvalue weighted by atomic mass is 9.90. The lowest BCUT2D eigenvalue weighted by Gasteiger charge is -2.33. The third kappa shape index (κ3) is 6.09. The topological polar surface area (TPSA) is 103 Å². The minimum Gasteiger partial charge on any atom is -0.484 e. The Kier molecular flexibility index (Phi) is 7.47. The molecule has 2 fully saturated rings. The van der Waals surface area contributed by atoms with E-state index in [1.807, 2.05) is 19.1 Å². The van der Waals surface area contributed by atoms with Gasteiger partial charge in [-0.25, -0.2) is 0 Å². The summed E-state index contributed by atoms with van der Waals surface area (Å²) in [5.74, 6) is 0.380. The van der Waals surface area contributed by atoms with Crippen molar-refractivity contribution in [3.63, 3.8) is 0 Å². The summed E-state index contributed by atoms with van der Waals surface area (Å²) in [6.45, 7) is 2.96. The molecule has 1 aliphatic heterocycles. The first-order valence-electron chi connectivity index (χ1n) is 9.16. The van der Waals surface area contributed by atoms with Crippen LogP contribution in [0.5, 0.6) is 5.75 Å². The van der Waals surface area contributed by atoms with E-state index in [0.717, 1.165) is 18.4 Å². The zero-order valence-electron chi connectivity index (χ0n) is 15.5. The van der Waals surface area contributed by atoms with Crippen molar-refractivity contribution in [2.45, 2.75) is 50.2 Å². The summed E-state index contributed by atoms with van der Waals surface area (Å²) in [5, 5.41) is 5.86. The van der Waals surface area contributed by atoms with Crippen LogP contribution >= 0.6 is 12.4 Å². The molecule has 1 aromatic carbocycles. The fourth-order valence-electron chi connectivity index (χ4n) is 2.89. The lowest BCUT2D eigenvalue weighted by Crippen LogP contribution is -2.57. The van der Waals surface area contributed by atoms with E-state index >= 15 is 0 Å². The SMILES string of the molecule is CC(NC(=O)C1(N)CCOCC1)c1ccc(OCC(=O)NC2CC2)cc1.Cl. The number of rotatable bonds is 7. The molecule has 1 saturated carbocycles. The first-order valence-corrected chi connectivity index (χ1v) is 9.16. The van der Waals surface area contributed by atoms with Crippen LogP contribution in [0, 0.1) is 0 Å². The number of amides is 2. The lowest BCUT2D eigenvalue weighted by molar-refractivity contribution is -0.130. The van der Waals surface area contributed by atoms with Crippen molar-refractivity contribution < 1.29 is 19.1 Å².